The molecule has 0 aliphatic rings. The highest BCUT2D eigenvalue weighted by molar-refractivity contribution is 6.56. The molecule has 1 aromatic carbocycles. The maximum Gasteiger partial charge on any atom is 0.256 e. The molecule has 3 nitrogen and oxygen atoms in total. The fourth-order valence-corrected chi connectivity index (χ4v) is 2.99. The van der Waals surface area contributed by atoms with Gasteiger partial charge in [-0.1, -0.05) is 58.0 Å². The minimum atomic E-state index is -0.477. The first-order valence-corrected chi connectivity index (χ1v) is 7.12. The van der Waals surface area contributed by atoms with Gasteiger partial charge in [-0.15, -0.1) is 0 Å². The SMILES string of the molecule is O=c1[nH]c(CO)ccc1-c1c(Cl)c(Cl)c(Cl)c(Cl)c1Cl. The van der Waals surface area contributed by atoms with Gasteiger partial charge in [0.25, 0.3) is 5.56 Å². The fourth-order valence-electron chi connectivity index (χ4n) is 1.64. The molecule has 0 spiro atoms. The van der Waals surface area contributed by atoms with Crippen molar-refractivity contribution in [2.45, 2.75) is 6.61 Å². The maximum absolute atomic E-state index is 12.0. The van der Waals surface area contributed by atoms with Crippen molar-refractivity contribution in [1.82, 2.24) is 4.98 Å². The minimum absolute atomic E-state index is 0.0170. The number of benzene rings is 1. The van der Waals surface area contributed by atoms with Gasteiger partial charge in [0.15, 0.2) is 0 Å². The Kier molecular flexibility index (Phi) is 4.90. The molecular formula is C12H6Cl5NO2. The van der Waals surface area contributed by atoms with Crippen LogP contribution in [0.3, 0.4) is 0 Å². The number of pyridine rings is 1. The van der Waals surface area contributed by atoms with Crippen molar-refractivity contribution in [3.63, 3.8) is 0 Å². The van der Waals surface area contributed by atoms with Crippen molar-refractivity contribution < 1.29 is 5.11 Å². The van der Waals surface area contributed by atoms with Crippen molar-refractivity contribution in [2.75, 3.05) is 0 Å². The molecule has 0 amide bonds. The van der Waals surface area contributed by atoms with E-state index in [2.05, 4.69) is 4.98 Å². The number of H-pyrrole nitrogens is 1. The van der Waals surface area contributed by atoms with E-state index in [1.165, 1.54) is 12.1 Å². The molecule has 2 aromatic rings. The molecule has 8 heteroatoms. The zero-order chi connectivity index (χ0) is 15.0. The summed E-state index contributed by atoms with van der Waals surface area (Å²) < 4.78 is 0. The summed E-state index contributed by atoms with van der Waals surface area (Å²) in [6.07, 6.45) is 0. The molecule has 0 radical (unpaired) electrons. The van der Waals surface area contributed by atoms with Gasteiger partial charge in [-0.25, -0.2) is 0 Å². The highest BCUT2D eigenvalue weighted by Gasteiger charge is 2.22. The van der Waals surface area contributed by atoms with E-state index in [1.54, 1.807) is 0 Å². The van der Waals surface area contributed by atoms with Crippen LogP contribution in [0.1, 0.15) is 5.69 Å². The first-order chi connectivity index (χ1) is 9.38. The molecule has 0 aliphatic carbocycles. The number of nitrogens with one attached hydrogen (secondary N) is 1. The van der Waals surface area contributed by atoms with Crippen LogP contribution in [0.25, 0.3) is 11.1 Å². The van der Waals surface area contributed by atoms with Gasteiger partial charge in [-0.3, -0.25) is 4.79 Å². The van der Waals surface area contributed by atoms with Crippen molar-refractivity contribution in [2.24, 2.45) is 0 Å². The average molecular weight is 373 g/mol. The van der Waals surface area contributed by atoms with Crippen LogP contribution in [0.15, 0.2) is 16.9 Å². The summed E-state index contributed by atoms with van der Waals surface area (Å²) in [5.41, 5.74) is 0.253. The third-order valence-corrected chi connectivity index (χ3v) is 4.90. The second-order valence-corrected chi connectivity index (χ2v) is 5.72. The highest BCUT2D eigenvalue weighted by atomic mass is 35.5. The first-order valence-electron chi connectivity index (χ1n) is 5.23. The summed E-state index contributed by atoms with van der Waals surface area (Å²) in [5, 5.41) is 9.10. The lowest BCUT2D eigenvalue weighted by Gasteiger charge is -2.12. The fraction of sp³-hybridized carbons (Fsp3) is 0.0833. The van der Waals surface area contributed by atoms with Crippen LogP contribution < -0.4 is 5.56 Å². The van der Waals surface area contributed by atoms with E-state index >= 15 is 0 Å². The smallest absolute Gasteiger partial charge is 0.256 e. The predicted molar refractivity (Wildman–Crippen MR) is 83.5 cm³/mol. The van der Waals surface area contributed by atoms with E-state index in [0.717, 1.165) is 0 Å². The van der Waals surface area contributed by atoms with E-state index in [4.69, 9.17) is 63.1 Å². The quantitative estimate of drug-likeness (QED) is 0.587. The number of aliphatic hydroxyl groups is 1. The number of aromatic nitrogens is 1. The van der Waals surface area contributed by atoms with Crippen LogP contribution in [-0.2, 0) is 6.61 Å². The lowest BCUT2D eigenvalue weighted by molar-refractivity contribution is 0.276. The summed E-state index contributed by atoms with van der Waals surface area (Å²) in [4.78, 5) is 14.5. The Morgan fingerprint density at radius 2 is 1.40 bits per heavy atom. The monoisotopic (exact) mass is 371 g/mol. The molecule has 2 rings (SSSR count). The second kappa shape index (κ2) is 6.14. The van der Waals surface area contributed by atoms with Crippen LogP contribution >= 0.6 is 58.0 Å². The number of hydrogen-bond acceptors (Lipinski definition) is 2. The lowest BCUT2D eigenvalue weighted by Crippen LogP contribution is -2.11. The number of rotatable bonds is 2. The van der Waals surface area contributed by atoms with E-state index in [-0.39, 0.29) is 42.8 Å². The zero-order valence-electron chi connectivity index (χ0n) is 9.61. The molecule has 1 aromatic heterocycles. The van der Waals surface area contributed by atoms with E-state index in [0.29, 0.717) is 5.69 Å². The topological polar surface area (TPSA) is 53.1 Å². The molecular weight excluding hydrogens is 367 g/mol. The van der Waals surface area contributed by atoms with Gasteiger partial charge in [-0.05, 0) is 12.1 Å². The molecule has 0 saturated carbocycles. The summed E-state index contributed by atoms with van der Waals surface area (Å²) in [6.45, 7) is -0.293. The Bertz CT molecular complexity index is 712. The minimum Gasteiger partial charge on any atom is -0.390 e. The molecule has 0 saturated heterocycles. The van der Waals surface area contributed by atoms with Crippen LogP contribution in [-0.4, -0.2) is 10.1 Å². The number of aliphatic hydroxyl groups excluding tert-OH is 1. The van der Waals surface area contributed by atoms with E-state index in [1.807, 2.05) is 0 Å². The average Bonchev–Trinajstić information content (AvgIpc) is 2.44. The summed E-state index contributed by atoms with van der Waals surface area (Å²) in [5.74, 6) is 0. The standard InChI is InChI=1S/C12H6Cl5NO2/c13-7-6(8(14)10(16)11(17)9(7)15)5-2-1-4(3-19)18-12(5)20/h1-2,19H,3H2,(H,18,20). The molecule has 0 atom stereocenters. The number of aromatic amines is 1. The van der Waals surface area contributed by atoms with Crippen molar-refractivity contribution in [3.8, 4) is 11.1 Å². The van der Waals surface area contributed by atoms with Crippen molar-refractivity contribution in [3.05, 3.63) is 53.3 Å². The molecule has 1 heterocycles. The molecule has 0 fully saturated rings. The zero-order valence-corrected chi connectivity index (χ0v) is 13.4. The van der Waals surface area contributed by atoms with Gasteiger partial charge in [0, 0.05) is 11.3 Å². The van der Waals surface area contributed by atoms with Gasteiger partial charge in [-0.2, -0.15) is 0 Å². The summed E-state index contributed by atoms with van der Waals surface area (Å²) in [7, 11) is 0. The highest BCUT2D eigenvalue weighted by Crippen LogP contribution is 2.47. The maximum atomic E-state index is 12.0. The Hall–Kier alpha value is -0.420. The van der Waals surface area contributed by atoms with Crippen LogP contribution in [0, 0.1) is 0 Å². The third kappa shape index (κ3) is 2.67. The van der Waals surface area contributed by atoms with E-state index in [9.17, 15) is 4.79 Å². The van der Waals surface area contributed by atoms with Gasteiger partial charge < -0.3 is 10.1 Å². The van der Waals surface area contributed by atoms with Crippen LogP contribution in [0.4, 0.5) is 0 Å². The van der Waals surface area contributed by atoms with Crippen LogP contribution in [0.5, 0.6) is 0 Å². The Labute approximate surface area is 139 Å². The second-order valence-electron chi connectivity index (χ2n) is 3.83. The number of halogens is 5. The molecule has 106 valence electrons. The van der Waals surface area contributed by atoms with Gasteiger partial charge >= 0.3 is 0 Å². The lowest BCUT2D eigenvalue weighted by atomic mass is 10.1. The van der Waals surface area contributed by atoms with Gasteiger partial charge in [0.2, 0.25) is 0 Å². The first kappa shape index (κ1) is 16.0. The normalized spacial score (nSPS) is 10.9. The molecule has 0 unspecified atom stereocenters. The number of hydrogen-bond donors (Lipinski definition) is 2. The summed E-state index contributed by atoms with van der Waals surface area (Å²) in [6, 6.07) is 3.00. The molecule has 2 N–H and O–H groups in total. The predicted octanol–water partition coefficient (Wildman–Crippen LogP) is 4.80. The summed E-state index contributed by atoms with van der Waals surface area (Å²) >= 11 is 30.0. The third-order valence-electron chi connectivity index (χ3n) is 2.62. The Balaban J connectivity index is 2.80. The Morgan fingerprint density at radius 1 is 0.900 bits per heavy atom. The molecule has 0 bridgehead atoms. The van der Waals surface area contributed by atoms with Crippen LogP contribution in [0.2, 0.25) is 25.1 Å². The van der Waals surface area contributed by atoms with Crippen molar-refractivity contribution in [1.29, 1.82) is 0 Å². The van der Waals surface area contributed by atoms with E-state index < -0.39 is 5.56 Å². The van der Waals surface area contributed by atoms with Gasteiger partial charge in [0.1, 0.15) is 0 Å². The molecule has 20 heavy (non-hydrogen) atoms. The van der Waals surface area contributed by atoms with Gasteiger partial charge in [0.05, 0.1) is 37.3 Å². The largest absolute Gasteiger partial charge is 0.390 e. The Morgan fingerprint density at radius 3 is 1.85 bits per heavy atom. The van der Waals surface area contributed by atoms with Crippen molar-refractivity contribution >= 4 is 58.0 Å². The molecule has 0 aliphatic heterocycles.